The summed E-state index contributed by atoms with van der Waals surface area (Å²) in [5.74, 6) is -0.476. The van der Waals surface area contributed by atoms with Crippen molar-refractivity contribution in [3.63, 3.8) is 0 Å². The van der Waals surface area contributed by atoms with E-state index in [-0.39, 0.29) is 11.3 Å². The van der Waals surface area contributed by atoms with Gasteiger partial charge in [-0.25, -0.2) is 0 Å². The molecule has 5 nitrogen and oxygen atoms in total. The number of aromatic hydroxyl groups is 1. The lowest BCUT2D eigenvalue weighted by molar-refractivity contribution is -0.123. The highest BCUT2D eigenvalue weighted by atomic mass is 32.1. The highest BCUT2D eigenvalue weighted by Crippen LogP contribution is 2.29. The minimum Gasteiger partial charge on any atom is -0.508 e. The summed E-state index contributed by atoms with van der Waals surface area (Å²) in [5.41, 5.74) is 3.26. The number of piperazine rings is 1. The number of benzene rings is 2. The van der Waals surface area contributed by atoms with Gasteiger partial charge in [0.05, 0.1) is 0 Å². The number of phenolic OH excluding ortho intramolecular Hbond substituents is 1. The molecule has 0 saturated carbocycles. The Morgan fingerprint density at radius 2 is 1.73 bits per heavy atom. The largest absolute Gasteiger partial charge is 0.508 e. The van der Waals surface area contributed by atoms with Crippen molar-refractivity contribution in [1.29, 1.82) is 0 Å². The average molecular weight is 476 g/mol. The Hall–Kier alpha value is -3.04. The zero-order chi connectivity index (χ0) is 23.4. The quantitative estimate of drug-likeness (QED) is 0.541. The van der Waals surface area contributed by atoms with Gasteiger partial charge in [0.25, 0.3) is 5.91 Å². The molecule has 1 aliphatic heterocycles. The van der Waals surface area contributed by atoms with Crippen LogP contribution in [0.1, 0.15) is 15.2 Å². The van der Waals surface area contributed by atoms with E-state index >= 15 is 0 Å². The van der Waals surface area contributed by atoms with Crippen molar-refractivity contribution in [2.75, 3.05) is 37.6 Å². The van der Waals surface area contributed by atoms with Crippen LogP contribution < -0.4 is 10.2 Å². The van der Waals surface area contributed by atoms with Crippen molar-refractivity contribution in [2.24, 2.45) is 0 Å². The molecular formula is C24H24F3N3O2S. The van der Waals surface area contributed by atoms with E-state index in [1.165, 1.54) is 4.88 Å². The molecular weight excluding hydrogens is 451 g/mol. The van der Waals surface area contributed by atoms with Gasteiger partial charge in [-0.1, -0.05) is 12.1 Å². The molecule has 1 aliphatic rings. The highest BCUT2D eigenvalue weighted by molar-refractivity contribution is 7.10. The van der Waals surface area contributed by atoms with E-state index in [0.29, 0.717) is 0 Å². The second kappa shape index (κ2) is 9.84. The van der Waals surface area contributed by atoms with Crippen LogP contribution in [0.4, 0.5) is 18.9 Å². The van der Waals surface area contributed by atoms with Crippen molar-refractivity contribution in [3.05, 3.63) is 70.4 Å². The maximum atomic E-state index is 12.3. The number of phenols is 1. The van der Waals surface area contributed by atoms with Gasteiger partial charge in [-0.15, -0.1) is 11.3 Å². The molecule has 4 rings (SSSR count). The Morgan fingerprint density at radius 3 is 2.39 bits per heavy atom. The Morgan fingerprint density at radius 1 is 1.00 bits per heavy atom. The maximum absolute atomic E-state index is 12.3. The van der Waals surface area contributed by atoms with Crippen LogP contribution in [-0.2, 0) is 6.54 Å². The number of nitrogens with one attached hydrogen (secondary N) is 1. The van der Waals surface area contributed by atoms with Crippen LogP contribution in [0.3, 0.4) is 0 Å². The molecule has 0 spiro atoms. The van der Waals surface area contributed by atoms with E-state index in [9.17, 15) is 23.1 Å². The number of nitrogens with zero attached hydrogens (tertiary/aromatic N) is 2. The molecule has 1 amide bonds. The van der Waals surface area contributed by atoms with Crippen LogP contribution >= 0.6 is 11.3 Å². The fourth-order valence-corrected chi connectivity index (χ4v) is 4.73. The van der Waals surface area contributed by atoms with Gasteiger partial charge in [-0.3, -0.25) is 9.69 Å². The molecule has 2 aromatic carbocycles. The predicted octanol–water partition coefficient (Wildman–Crippen LogP) is 4.74. The molecule has 1 fully saturated rings. The Balaban J connectivity index is 1.28. The zero-order valence-electron chi connectivity index (χ0n) is 17.8. The zero-order valence-corrected chi connectivity index (χ0v) is 18.6. The van der Waals surface area contributed by atoms with Crippen molar-refractivity contribution in [3.8, 4) is 16.9 Å². The molecule has 0 unspecified atom stereocenters. The molecule has 1 saturated heterocycles. The number of hydrogen-bond acceptors (Lipinski definition) is 5. The van der Waals surface area contributed by atoms with Crippen LogP contribution in [-0.4, -0.2) is 54.8 Å². The summed E-state index contributed by atoms with van der Waals surface area (Å²) in [6.45, 7) is 2.93. The lowest BCUT2D eigenvalue weighted by atomic mass is 10.1. The number of rotatable bonds is 6. The average Bonchev–Trinajstić information content (AvgIpc) is 3.26. The second-order valence-corrected chi connectivity index (χ2v) is 8.96. The molecule has 0 aliphatic carbocycles. The van der Waals surface area contributed by atoms with E-state index in [1.807, 2.05) is 17.4 Å². The SMILES string of the molecule is O=C(NCC(F)(F)F)c1ccc(N2CCN(Cc3cc(-c4cccc(O)c4)cs3)CC2)cc1. The van der Waals surface area contributed by atoms with Gasteiger partial charge in [-0.2, -0.15) is 13.2 Å². The highest BCUT2D eigenvalue weighted by Gasteiger charge is 2.28. The maximum Gasteiger partial charge on any atom is 0.405 e. The first kappa shape index (κ1) is 23.1. The van der Waals surface area contributed by atoms with Gasteiger partial charge < -0.3 is 15.3 Å². The van der Waals surface area contributed by atoms with E-state index in [2.05, 4.69) is 21.2 Å². The molecule has 174 valence electrons. The standard InChI is InChI=1S/C24H24F3N3O2S/c25-24(26,27)16-28-23(32)17-4-6-20(7-5-17)30-10-8-29(9-11-30)14-22-13-19(15-33-22)18-2-1-3-21(31)12-18/h1-7,12-13,15,31H,8-11,14,16H2,(H,28,32). The number of anilines is 1. The van der Waals surface area contributed by atoms with Gasteiger partial charge in [0.1, 0.15) is 12.3 Å². The number of carbonyl (C=O) groups is 1. The third-order valence-electron chi connectivity index (χ3n) is 5.53. The number of alkyl halides is 3. The summed E-state index contributed by atoms with van der Waals surface area (Å²) < 4.78 is 36.8. The first-order chi connectivity index (χ1) is 15.8. The molecule has 33 heavy (non-hydrogen) atoms. The summed E-state index contributed by atoms with van der Waals surface area (Å²) in [7, 11) is 0. The summed E-state index contributed by atoms with van der Waals surface area (Å²) in [5, 5.41) is 13.7. The fraction of sp³-hybridized carbons (Fsp3) is 0.292. The molecule has 0 radical (unpaired) electrons. The topological polar surface area (TPSA) is 55.8 Å². The monoisotopic (exact) mass is 475 g/mol. The molecule has 1 aromatic heterocycles. The lowest BCUT2D eigenvalue weighted by Crippen LogP contribution is -2.45. The summed E-state index contributed by atoms with van der Waals surface area (Å²) in [6.07, 6.45) is -4.43. The van der Waals surface area contributed by atoms with Gasteiger partial charge in [-0.05, 0) is 59.0 Å². The van der Waals surface area contributed by atoms with Crippen molar-refractivity contribution < 1.29 is 23.1 Å². The smallest absolute Gasteiger partial charge is 0.405 e. The third-order valence-corrected chi connectivity index (χ3v) is 6.45. The summed E-state index contributed by atoms with van der Waals surface area (Å²) >= 11 is 1.71. The van der Waals surface area contributed by atoms with E-state index in [1.54, 1.807) is 47.7 Å². The first-order valence-electron chi connectivity index (χ1n) is 10.6. The van der Waals surface area contributed by atoms with Gasteiger partial charge in [0.15, 0.2) is 0 Å². The van der Waals surface area contributed by atoms with Gasteiger partial charge in [0, 0.05) is 48.9 Å². The molecule has 9 heteroatoms. The number of carbonyl (C=O) groups excluding carboxylic acids is 1. The molecule has 0 bridgehead atoms. The number of thiophene rings is 1. The van der Waals surface area contributed by atoms with Gasteiger partial charge in [0.2, 0.25) is 0 Å². The molecule has 2 N–H and O–H groups in total. The predicted molar refractivity (Wildman–Crippen MR) is 124 cm³/mol. The molecule has 3 aromatic rings. The first-order valence-corrected chi connectivity index (χ1v) is 11.4. The Labute approximate surface area is 194 Å². The summed E-state index contributed by atoms with van der Waals surface area (Å²) in [4.78, 5) is 17.7. The molecule has 0 atom stereocenters. The minimum atomic E-state index is -4.43. The van der Waals surface area contributed by atoms with Gasteiger partial charge >= 0.3 is 6.18 Å². The van der Waals surface area contributed by atoms with Crippen LogP contribution in [0.25, 0.3) is 11.1 Å². The Kier molecular flexibility index (Phi) is 6.90. The van der Waals surface area contributed by atoms with E-state index in [0.717, 1.165) is 49.5 Å². The van der Waals surface area contributed by atoms with Crippen LogP contribution in [0.2, 0.25) is 0 Å². The van der Waals surface area contributed by atoms with Crippen LogP contribution in [0.5, 0.6) is 5.75 Å². The Bertz CT molecular complexity index is 1090. The van der Waals surface area contributed by atoms with Crippen LogP contribution in [0.15, 0.2) is 60.0 Å². The summed E-state index contributed by atoms with van der Waals surface area (Å²) in [6, 6.07) is 16.1. The van der Waals surface area contributed by atoms with Crippen LogP contribution in [0, 0.1) is 0 Å². The van der Waals surface area contributed by atoms with E-state index < -0.39 is 18.6 Å². The fourth-order valence-electron chi connectivity index (χ4n) is 3.79. The van der Waals surface area contributed by atoms with Crippen molar-refractivity contribution in [1.82, 2.24) is 10.2 Å². The normalized spacial score (nSPS) is 14.9. The lowest BCUT2D eigenvalue weighted by Gasteiger charge is -2.36. The number of amides is 1. The minimum absolute atomic E-state index is 0.210. The van der Waals surface area contributed by atoms with Crippen molar-refractivity contribution >= 4 is 22.9 Å². The van der Waals surface area contributed by atoms with E-state index in [4.69, 9.17) is 0 Å². The number of hydrogen-bond donors (Lipinski definition) is 2. The molecule has 2 heterocycles. The second-order valence-electron chi connectivity index (χ2n) is 7.96. The van der Waals surface area contributed by atoms with Crippen molar-refractivity contribution in [2.45, 2.75) is 12.7 Å². The third kappa shape index (κ3) is 6.27. The number of halogens is 3.